The van der Waals surface area contributed by atoms with Crippen molar-refractivity contribution in [2.45, 2.75) is 119 Å². The summed E-state index contributed by atoms with van der Waals surface area (Å²) in [5, 5.41) is -2.14. The average Bonchev–Trinajstić information content (AvgIpc) is 2.92. The van der Waals surface area contributed by atoms with Crippen LogP contribution in [0.5, 0.6) is 0 Å². The van der Waals surface area contributed by atoms with Gasteiger partial charge in [-0.1, -0.05) is 51.4 Å². The molecule has 0 aromatic carbocycles. The van der Waals surface area contributed by atoms with Gasteiger partial charge in [0, 0.05) is 6.16 Å². The molecule has 3 aliphatic rings. The van der Waals surface area contributed by atoms with Crippen LogP contribution in [0.1, 0.15) is 96.3 Å². The number of fused-ring (bicyclic) bond motifs is 1. The van der Waals surface area contributed by atoms with Gasteiger partial charge < -0.3 is 32.7 Å². The van der Waals surface area contributed by atoms with Gasteiger partial charge in [0.2, 0.25) is 0 Å². The Morgan fingerprint density at radius 2 is 1.19 bits per heavy atom. The minimum Gasteiger partial charge on any atom is -0.324 e. The van der Waals surface area contributed by atoms with Crippen LogP contribution < -0.4 is 22.9 Å². The largest absolute Gasteiger partial charge is 0.369 e. The number of nitrogens with two attached hydrogens (primary N) is 4. The Bertz CT molecular complexity index is 708. The first-order chi connectivity index (χ1) is 14.8. The minimum absolute atomic E-state index is 0.0245. The summed E-state index contributed by atoms with van der Waals surface area (Å²) in [6.07, 6.45) is 11.4. The lowest BCUT2D eigenvalue weighted by atomic mass is 9.73. The fourth-order valence-corrected chi connectivity index (χ4v) is 8.89. The van der Waals surface area contributed by atoms with E-state index in [1.54, 1.807) is 0 Å². The van der Waals surface area contributed by atoms with Gasteiger partial charge in [-0.25, -0.2) is 0 Å². The summed E-state index contributed by atoms with van der Waals surface area (Å²) in [6.45, 7) is 0. The summed E-state index contributed by atoms with van der Waals surface area (Å²) in [5.74, 6) is 0. The van der Waals surface area contributed by atoms with Gasteiger partial charge in [-0.2, -0.15) is 0 Å². The van der Waals surface area contributed by atoms with Crippen molar-refractivity contribution in [2.75, 3.05) is 6.16 Å². The van der Waals surface area contributed by atoms with Gasteiger partial charge in [0.1, 0.15) is 16.9 Å². The van der Waals surface area contributed by atoms with Crippen molar-refractivity contribution < 1.29 is 28.0 Å². The topological polar surface area (TPSA) is 197 Å². The smallest absolute Gasteiger partial charge is 0.324 e. The van der Waals surface area contributed by atoms with Crippen molar-refractivity contribution in [1.82, 2.24) is 0 Å². The van der Waals surface area contributed by atoms with Gasteiger partial charge in [-0.3, -0.25) is 18.2 Å². The van der Waals surface area contributed by atoms with Gasteiger partial charge in [0.05, 0.1) is 0 Å². The molecule has 0 unspecified atom stereocenters. The van der Waals surface area contributed by atoms with Gasteiger partial charge in [0.25, 0.3) is 0 Å². The maximum absolute atomic E-state index is 14.3. The van der Waals surface area contributed by atoms with E-state index in [1.165, 1.54) is 0 Å². The lowest BCUT2D eigenvalue weighted by molar-refractivity contribution is -0.0691. The van der Waals surface area contributed by atoms with Gasteiger partial charge in [-0.15, -0.1) is 0 Å². The number of hydrogen-bond donors (Lipinski definition) is 6. The first kappa shape index (κ1) is 26.7. The molecule has 0 amide bonds. The zero-order valence-corrected chi connectivity index (χ0v) is 20.8. The molecule has 0 atom stereocenters. The summed E-state index contributed by atoms with van der Waals surface area (Å²) < 4.78 is 38.2. The molecule has 2 spiro atoms. The van der Waals surface area contributed by atoms with E-state index >= 15 is 0 Å². The van der Waals surface area contributed by atoms with Crippen LogP contribution in [0, 0.1) is 0 Å². The van der Waals surface area contributed by atoms with E-state index in [9.17, 15) is 9.13 Å². The third-order valence-electron chi connectivity index (χ3n) is 7.73. The molecular weight excluding hydrogens is 454 g/mol. The lowest BCUT2D eigenvalue weighted by Crippen LogP contribution is -2.75. The monoisotopic (exact) mass is 496 g/mol. The zero-order chi connectivity index (χ0) is 23.7. The van der Waals surface area contributed by atoms with Crippen molar-refractivity contribution in [3.05, 3.63) is 0 Å². The normalized spacial score (nSPS) is 26.2. The molecule has 32 heavy (non-hydrogen) atoms. The molecule has 3 fully saturated rings. The Morgan fingerprint density at radius 3 is 1.56 bits per heavy atom. The second-order valence-electron chi connectivity index (χ2n) is 10.2. The first-order valence-electron chi connectivity index (χ1n) is 12.0. The lowest BCUT2D eigenvalue weighted by Gasteiger charge is -2.42. The molecule has 0 bridgehead atoms. The second kappa shape index (κ2) is 9.65. The van der Waals surface area contributed by atoms with Crippen LogP contribution >= 0.6 is 15.2 Å². The molecule has 0 aromatic rings. The Hall–Kier alpha value is 0.140. The summed E-state index contributed by atoms with van der Waals surface area (Å²) in [5.41, 5.74) is 22.2. The van der Waals surface area contributed by atoms with Crippen LogP contribution in [0.25, 0.3) is 0 Å². The third kappa shape index (κ3) is 5.20. The molecule has 1 aliphatic heterocycles. The highest BCUT2D eigenvalue weighted by Gasteiger charge is 2.71. The van der Waals surface area contributed by atoms with Crippen LogP contribution in [0.3, 0.4) is 0 Å². The summed E-state index contributed by atoms with van der Waals surface area (Å²) >= 11 is 0. The molecule has 188 valence electrons. The first-order valence-corrected chi connectivity index (χ1v) is 15.3. The van der Waals surface area contributed by atoms with Crippen molar-refractivity contribution in [3.63, 3.8) is 0 Å². The molecule has 10 nitrogen and oxygen atoms in total. The Morgan fingerprint density at radius 1 is 0.781 bits per heavy atom. The van der Waals surface area contributed by atoms with Gasteiger partial charge >= 0.3 is 15.2 Å². The van der Waals surface area contributed by atoms with E-state index in [4.69, 9.17) is 41.8 Å². The molecule has 12 heteroatoms. The average molecular weight is 497 g/mol. The highest BCUT2D eigenvalue weighted by Crippen LogP contribution is 2.73. The fraction of sp³-hybridized carbons (Fsp3) is 1.00. The van der Waals surface area contributed by atoms with Crippen molar-refractivity contribution in [2.24, 2.45) is 22.9 Å². The van der Waals surface area contributed by atoms with Crippen molar-refractivity contribution in [1.29, 1.82) is 0 Å². The Labute approximate surface area is 191 Å². The van der Waals surface area contributed by atoms with Crippen LogP contribution in [0.4, 0.5) is 0 Å². The molecule has 1 heterocycles. The molecule has 1 saturated heterocycles. The van der Waals surface area contributed by atoms with E-state index in [0.29, 0.717) is 0 Å². The van der Waals surface area contributed by atoms with Crippen molar-refractivity contribution >= 4 is 15.2 Å². The molecule has 2 saturated carbocycles. The van der Waals surface area contributed by atoms with Crippen LogP contribution in [0.2, 0.25) is 0 Å². The molecule has 2 aliphatic carbocycles. The summed E-state index contributed by atoms with van der Waals surface area (Å²) in [7, 11) is -8.25. The number of unbranched alkanes of at least 4 members (excludes halogenated alkanes) is 1. The molecule has 0 aromatic heterocycles. The second-order valence-corrected chi connectivity index (χ2v) is 14.1. The number of hydrogen-bond acceptors (Lipinski definition) is 8. The van der Waals surface area contributed by atoms with Gasteiger partial charge in [0.15, 0.2) is 5.40 Å². The van der Waals surface area contributed by atoms with Gasteiger partial charge in [-0.05, 0) is 44.9 Å². The zero-order valence-electron chi connectivity index (χ0n) is 19.0. The van der Waals surface area contributed by atoms with Crippen LogP contribution in [0.15, 0.2) is 0 Å². The van der Waals surface area contributed by atoms with Crippen LogP contribution in [-0.2, 0) is 18.2 Å². The summed E-state index contributed by atoms with van der Waals surface area (Å²) in [4.78, 5) is 18.1. The quantitative estimate of drug-likeness (QED) is 0.173. The highest BCUT2D eigenvalue weighted by atomic mass is 31.2. The van der Waals surface area contributed by atoms with Crippen LogP contribution in [-0.4, -0.2) is 38.2 Å². The summed E-state index contributed by atoms with van der Waals surface area (Å²) in [6, 6.07) is 0. The maximum atomic E-state index is 14.3. The van der Waals surface area contributed by atoms with E-state index in [1.807, 2.05) is 0 Å². The fourth-order valence-electron chi connectivity index (χ4n) is 5.68. The molecule has 3 rings (SSSR count). The van der Waals surface area contributed by atoms with E-state index in [2.05, 4.69) is 0 Å². The molecule has 0 radical (unpaired) electrons. The minimum atomic E-state index is -4.13. The standard InChI is InChI=1S/C20H42N4O6P2/c21-19(22,15-9-10-16-31(25,26)27)20(23,24)32(28)29-17(11-5-1-2-6-12-17)18(30-32)13-7-3-4-8-14-18/h1-16,21-24H2,(H2,25,26,27). The predicted octanol–water partition coefficient (Wildman–Crippen LogP) is 2.95. The SMILES string of the molecule is NC(N)(CCCCP(=O)(O)O)C(N)(N)P1(=O)OC2(CCCCCC2)C2(CCCCCC2)O1. The Balaban J connectivity index is 1.86. The third-order valence-corrected chi connectivity index (χ3v) is 11.1. The number of rotatable bonds is 7. The molecule has 10 N–H and O–H groups in total. The van der Waals surface area contributed by atoms with Crippen molar-refractivity contribution in [3.8, 4) is 0 Å². The molecular formula is C20H42N4O6P2. The highest BCUT2D eigenvalue weighted by molar-refractivity contribution is 7.56. The van der Waals surface area contributed by atoms with E-state index in [-0.39, 0.29) is 25.4 Å². The predicted molar refractivity (Wildman–Crippen MR) is 124 cm³/mol. The Kier molecular flexibility index (Phi) is 8.06. The maximum Gasteiger partial charge on any atom is 0.369 e. The van der Waals surface area contributed by atoms with E-state index < -0.39 is 37.5 Å². The van der Waals surface area contributed by atoms with E-state index in [0.717, 1.165) is 77.0 Å².